The smallest absolute Gasteiger partial charge is 0.274 e. The number of ether oxygens (including phenoxy) is 1. The second-order valence-electron chi connectivity index (χ2n) is 4.57. The lowest BCUT2D eigenvalue weighted by atomic mass is 10.1. The number of rotatable bonds is 5. The van der Waals surface area contributed by atoms with Gasteiger partial charge in [-0.2, -0.15) is 0 Å². The Kier molecular flexibility index (Phi) is 4.65. The lowest BCUT2D eigenvalue weighted by Gasteiger charge is -2.11. The third kappa shape index (κ3) is 3.64. The number of nitrogens with one attached hydrogen (secondary N) is 1. The summed E-state index contributed by atoms with van der Waals surface area (Å²) in [6, 6.07) is 10.4. The average molecular weight is 307 g/mol. The van der Waals surface area contributed by atoms with Crippen molar-refractivity contribution in [1.82, 2.24) is 0 Å². The molecule has 0 spiro atoms. The first-order valence-corrected chi connectivity index (χ1v) is 6.70. The van der Waals surface area contributed by atoms with Gasteiger partial charge in [0.25, 0.3) is 5.69 Å². The second-order valence-corrected chi connectivity index (χ2v) is 5.00. The van der Waals surface area contributed by atoms with E-state index in [2.05, 4.69) is 5.32 Å². The van der Waals surface area contributed by atoms with E-state index in [-0.39, 0.29) is 10.6 Å². The number of benzene rings is 2. The first-order valence-electron chi connectivity index (χ1n) is 6.32. The third-order valence-corrected chi connectivity index (χ3v) is 3.37. The van der Waals surface area contributed by atoms with E-state index in [9.17, 15) is 10.1 Å². The van der Waals surface area contributed by atoms with E-state index in [1.807, 2.05) is 0 Å². The van der Waals surface area contributed by atoms with Crippen LogP contribution in [0.25, 0.3) is 0 Å². The summed E-state index contributed by atoms with van der Waals surface area (Å²) in [6.45, 7) is 2.17. The summed E-state index contributed by atoms with van der Waals surface area (Å²) in [7, 11) is 1.59. The molecule has 0 bridgehead atoms. The summed E-state index contributed by atoms with van der Waals surface area (Å²) in [5.74, 6) is 0.716. The predicted molar refractivity (Wildman–Crippen MR) is 83.2 cm³/mol. The highest BCUT2D eigenvalue weighted by molar-refractivity contribution is 6.30. The molecule has 0 fully saturated rings. The lowest BCUT2D eigenvalue weighted by molar-refractivity contribution is -0.385. The van der Waals surface area contributed by atoms with Crippen molar-refractivity contribution in [2.24, 2.45) is 0 Å². The number of hydrogen-bond donors (Lipinski definition) is 1. The molecule has 0 atom stereocenters. The largest absolute Gasteiger partial charge is 0.496 e. The van der Waals surface area contributed by atoms with Crippen molar-refractivity contribution in [3.05, 3.63) is 62.7 Å². The molecule has 2 rings (SSSR count). The van der Waals surface area contributed by atoms with E-state index in [1.165, 1.54) is 6.07 Å². The summed E-state index contributed by atoms with van der Waals surface area (Å²) in [5.41, 5.74) is 2.28. The number of hydrogen-bond acceptors (Lipinski definition) is 4. The van der Waals surface area contributed by atoms with E-state index in [1.54, 1.807) is 44.4 Å². The molecular formula is C15H15ClN2O3. The molecule has 1 N–H and O–H groups in total. The zero-order valence-corrected chi connectivity index (χ0v) is 12.5. The van der Waals surface area contributed by atoms with Gasteiger partial charge in [0.05, 0.1) is 12.0 Å². The predicted octanol–water partition coefficient (Wildman–Crippen LogP) is 4.18. The monoisotopic (exact) mass is 306 g/mol. The Morgan fingerprint density at radius 1 is 1.29 bits per heavy atom. The Labute approximate surface area is 127 Å². The maximum Gasteiger partial charge on any atom is 0.274 e. The number of nitro benzene ring substituents is 1. The van der Waals surface area contributed by atoms with Gasteiger partial charge in [-0.25, -0.2) is 0 Å². The Morgan fingerprint density at radius 3 is 2.71 bits per heavy atom. The molecule has 2 aromatic carbocycles. The van der Waals surface area contributed by atoms with Crippen molar-refractivity contribution in [2.75, 3.05) is 12.4 Å². The molecular weight excluding hydrogens is 292 g/mol. The van der Waals surface area contributed by atoms with E-state index in [0.29, 0.717) is 28.6 Å². The number of halogens is 1. The number of aryl methyl sites for hydroxylation is 1. The molecule has 0 saturated heterocycles. The van der Waals surface area contributed by atoms with Gasteiger partial charge < -0.3 is 10.1 Å². The molecule has 5 nitrogen and oxygen atoms in total. The van der Waals surface area contributed by atoms with Crippen LogP contribution < -0.4 is 10.1 Å². The fraction of sp³-hybridized carbons (Fsp3) is 0.200. The maximum atomic E-state index is 10.9. The van der Waals surface area contributed by atoms with Crippen LogP contribution in [0.15, 0.2) is 36.4 Å². The molecule has 21 heavy (non-hydrogen) atoms. The van der Waals surface area contributed by atoms with E-state index >= 15 is 0 Å². The van der Waals surface area contributed by atoms with Crippen LogP contribution in [-0.2, 0) is 6.54 Å². The molecule has 6 heteroatoms. The fourth-order valence-corrected chi connectivity index (χ4v) is 2.19. The molecule has 110 valence electrons. The van der Waals surface area contributed by atoms with Gasteiger partial charge >= 0.3 is 0 Å². The third-order valence-electron chi connectivity index (χ3n) is 3.13. The van der Waals surface area contributed by atoms with Crippen LogP contribution in [0.4, 0.5) is 11.4 Å². The summed E-state index contributed by atoms with van der Waals surface area (Å²) in [5, 5.41) is 14.7. The molecule has 0 aliphatic carbocycles. The fourth-order valence-electron chi connectivity index (χ4n) is 2.00. The summed E-state index contributed by atoms with van der Waals surface area (Å²) >= 11 is 5.97. The average Bonchev–Trinajstić information content (AvgIpc) is 2.46. The molecule has 0 saturated carbocycles. The van der Waals surface area contributed by atoms with Gasteiger partial charge in [0.15, 0.2) is 0 Å². The summed E-state index contributed by atoms with van der Waals surface area (Å²) in [4.78, 5) is 10.5. The first-order chi connectivity index (χ1) is 10.0. The van der Waals surface area contributed by atoms with Crippen molar-refractivity contribution in [1.29, 1.82) is 0 Å². The van der Waals surface area contributed by atoms with Crippen LogP contribution in [0.3, 0.4) is 0 Å². The Balaban J connectivity index is 2.19. The molecule has 0 unspecified atom stereocenters. The minimum atomic E-state index is -0.388. The van der Waals surface area contributed by atoms with Crippen LogP contribution >= 0.6 is 11.6 Å². The zero-order chi connectivity index (χ0) is 15.4. The maximum absolute atomic E-state index is 10.9. The van der Waals surface area contributed by atoms with Gasteiger partial charge in [-0.3, -0.25) is 10.1 Å². The molecule has 0 aliphatic rings. The first kappa shape index (κ1) is 15.1. The van der Waals surface area contributed by atoms with Gasteiger partial charge in [0.2, 0.25) is 0 Å². The van der Waals surface area contributed by atoms with Gasteiger partial charge in [-0.15, -0.1) is 0 Å². The quantitative estimate of drug-likeness (QED) is 0.665. The molecule has 0 aliphatic heterocycles. The van der Waals surface area contributed by atoms with Crippen molar-refractivity contribution in [2.45, 2.75) is 13.5 Å². The van der Waals surface area contributed by atoms with Crippen LogP contribution in [0.1, 0.15) is 11.1 Å². The molecule has 0 amide bonds. The van der Waals surface area contributed by atoms with E-state index in [0.717, 1.165) is 5.56 Å². The van der Waals surface area contributed by atoms with Gasteiger partial charge in [0.1, 0.15) is 5.75 Å². The minimum Gasteiger partial charge on any atom is -0.496 e. The lowest BCUT2D eigenvalue weighted by Crippen LogP contribution is -2.02. The second kappa shape index (κ2) is 6.45. The molecule has 0 aromatic heterocycles. The normalized spacial score (nSPS) is 10.2. The number of anilines is 1. The Morgan fingerprint density at radius 2 is 2.05 bits per heavy atom. The van der Waals surface area contributed by atoms with Crippen LogP contribution in [0.2, 0.25) is 5.02 Å². The van der Waals surface area contributed by atoms with E-state index in [4.69, 9.17) is 16.3 Å². The number of nitro groups is 1. The van der Waals surface area contributed by atoms with Crippen LogP contribution in [-0.4, -0.2) is 12.0 Å². The minimum absolute atomic E-state index is 0.0954. The van der Waals surface area contributed by atoms with Crippen molar-refractivity contribution in [3.63, 3.8) is 0 Å². The number of methoxy groups -OCH3 is 1. The molecule has 0 heterocycles. The summed E-state index contributed by atoms with van der Waals surface area (Å²) < 4.78 is 5.26. The Bertz CT molecular complexity index is 674. The van der Waals surface area contributed by atoms with Crippen LogP contribution in [0.5, 0.6) is 5.75 Å². The standard InChI is InChI=1S/C15H15ClN2O3/c1-10-3-5-13(8-14(10)18(19)20)17-9-11-7-12(16)4-6-15(11)21-2/h3-8,17H,9H2,1-2H3. The van der Waals surface area contributed by atoms with Crippen LogP contribution in [0, 0.1) is 17.0 Å². The highest BCUT2D eigenvalue weighted by Gasteiger charge is 2.11. The SMILES string of the molecule is COc1ccc(Cl)cc1CNc1ccc(C)c([N+](=O)[O-])c1. The molecule has 0 radical (unpaired) electrons. The topological polar surface area (TPSA) is 64.4 Å². The highest BCUT2D eigenvalue weighted by atomic mass is 35.5. The van der Waals surface area contributed by atoms with Gasteiger partial charge in [-0.1, -0.05) is 17.7 Å². The number of nitrogens with zero attached hydrogens (tertiary/aromatic N) is 1. The van der Waals surface area contributed by atoms with Crippen molar-refractivity contribution in [3.8, 4) is 5.75 Å². The highest BCUT2D eigenvalue weighted by Crippen LogP contribution is 2.26. The zero-order valence-electron chi connectivity index (χ0n) is 11.7. The van der Waals surface area contributed by atoms with E-state index < -0.39 is 0 Å². The van der Waals surface area contributed by atoms with Crippen molar-refractivity contribution < 1.29 is 9.66 Å². The summed E-state index contributed by atoms with van der Waals surface area (Å²) in [6.07, 6.45) is 0. The Hall–Kier alpha value is -2.27. The molecule has 2 aromatic rings. The van der Waals surface area contributed by atoms with Gasteiger partial charge in [-0.05, 0) is 31.2 Å². The van der Waals surface area contributed by atoms with Gasteiger partial charge in [0, 0.05) is 34.4 Å². The van der Waals surface area contributed by atoms with Crippen molar-refractivity contribution >= 4 is 23.0 Å².